The molecule has 0 aliphatic heterocycles. The second-order valence-corrected chi connectivity index (χ2v) is 5.59. The second kappa shape index (κ2) is 6.50. The van der Waals surface area contributed by atoms with Crippen molar-refractivity contribution in [1.82, 2.24) is 0 Å². The Labute approximate surface area is 114 Å². The summed E-state index contributed by atoms with van der Waals surface area (Å²) in [5, 5.41) is 9.10. The minimum Gasteiger partial charge on any atom is -0.481 e. The minimum atomic E-state index is -0.901. The summed E-state index contributed by atoms with van der Waals surface area (Å²) in [6.07, 6.45) is 0.0635. The van der Waals surface area contributed by atoms with Crippen LogP contribution in [0.5, 0.6) is 0 Å². The van der Waals surface area contributed by atoms with Gasteiger partial charge in [0.25, 0.3) is 0 Å². The summed E-state index contributed by atoms with van der Waals surface area (Å²) in [6, 6.07) is 7.44. The second-order valence-electron chi connectivity index (χ2n) is 5.59. The molecule has 0 spiro atoms. The first-order valence-electron chi connectivity index (χ1n) is 6.69. The molecule has 0 bridgehead atoms. The Balaban J connectivity index is 2.80. The monoisotopic (exact) mass is 262 g/mol. The standard InChI is InChI=1S/C16H22O3/c1-10(2)12-5-7-13(8-6-12)15(17)9-14(11(3)4)16(18)19/h5-8,10-11,14H,9H2,1-4H3,(H,18,19). The fourth-order valence-electron chi connectivity index (χ4n) is 1.98. The zero-order valence-electron chi connectivity index (χ0n) is 12.0. The molecule has 1 unspecified atom stereocenters. The molecule has 3 heteroatoms. The summed E-state index contributed by atoms with van der Waals surface area (Å²) in [5.41, 5.74) is 1.77. The highest BCUT2D eigenvalue weighted by atomic mass is 16.4. The molecule has 0 saturated heterocycles. The third-order valence-electron chi connectivity index (χ3n) is 3.43. The van der Waals surface area contributed by atoms with Gasteiger partial charge in [0.1, 0.15) is 0 Å². The van der Waals surface area contributed by atoms with E-state index in [1.165, 1.54) is 5.56 Å². The Morgan fingerprint density at radius 1 is 1.05 bits per heavy atom. The lowest BCUT2D eigenvalue weighted by Gasteiger charge is -2.15. The molecule has 0 fully saturated rings. The Morgan fingerprint density at radius 2 is 1.58 bits per heavy atom. The summed E-state index contributed by atoms with van der Waals surface area (Å²) in [7, 11) is 0. The summed E-state index contributed by atoms with van der Waals surface area (Å²) >= 11 is 0. The fraction of sp³-hybridized carbons (Fsp3) is 0.500. The highest BCUT2D eigenvalue weighted by molar-refractivity contribution is 5.98. The number of ketones is 1. The number of carbonyl (C=O) groups excluding carboxylic acids is 1. The maximum Gasteiger partial charge on any atom is 0.307 e. The maximum atomic E-state index is 12.1. The van der Waals surface area contributed by atoms with E-state index in [9.17, 15) is 9.59 Å². The first-order chi connectivity index (χ1) is 8.82. The van der Waals surface area contributed by atoms with Crippen LogP contribution in [0.2, 0.25) is 0 Å². The van der Waals surface area contributed by atoms with E-state index < -0.39 is 11.9 Å². The van der Waals surface area contributed by atoms with Crippen LogP contribution in [0.25, 0.3) is 0 Å². The first-order valence-corrected chi connectivity index (χ1v) is 6.69. The molecular weight excluding hydrogens is 240 g/mol. The quantitative estimate of drug-likeness (QED) is 0.794. The SMILES string of the molecule is CC(C)c1ccc(C(=O)CC(C(=O)O)C(C)C)cc1. The Bertz CT molecular complexity index is 444. The van der Waals surface area contributed by atoms with Gasteiger partial charge in [-0.25, -0.2) is 0 Å². The summed E-state index contributed by atoms with van der Waals surface area (Å²) in [5.74, 6) is -1.24. The van der Waals surface area contributed by atoms with Crippen LogP contribution < -0.4 is 0 Å². The van der Waals surface area contributed by atoms with Gasteiger partial charge in [-0.3, -0.25) is 9.59 Å². The van der Waals surface area contributed by atoms with Gasteiger partial charge in [0.05, 0.1) is 5.92 Å². The summed E-state index contributed by atoms with van der Waals surface area (Å²) in [6.45, 7) is 7.84. The van der Waals surface area contributed by atoms with Gasteiger partial charge in [0.2, 0.25) is 0 Å². The van der Waals surface area contributed by atoms with Crippen molar-refractivity contribution in [2.45, 2.75) is 40.0 Å². The lowest BCUT2D eigenvalue weighted by molar-refractivity contribution is -0.143. The summed E-state index contributed by atoms with van der Waals surface area (Å²) < 4.78 is 0. The molecule has 1 rings (SSSR count). The van der Waals surface area contributed by atoms with E-state index in [0.29, 0.717) is 11.5 Å². The molecule has 19 heavy (non-hydrogen) atoms. The Kier molecular flexibility index (Phi) is 5.28. The van der Waals surface area contributed by atoms with Crippen LogP contribution in [-0.4, -0.2) is 16.9 Å². The molecule has 0 aliphatic carbocycles. The van der Waals surface area contributed by atoms with Crippen LogP contribution in [0, 0.1) is 11.8 Å². The number of hydrogen-bond donors (Lipinski definition) is 1. The van der Waals surface area contributed by atoms with Gasteiger partial charge < -0.3 is 5.11 Å². The number of carboxylic acid groups (broad SMARTS) is 1. The molecule has 1 aromatic carbocycles. The lowest BCUT2D eigenvalue weighted by atomic mass is 9.88. The molecule has 1 N–H and O–H groups in total. The molecule has 0 amide bonds. The third-order valence-corrected chi connectivity index (χ3v) is 3.43. The van der Waals surface area contributed by atoms with E-state index in [0.717, 1.165) is 0 Å². The fourth-order valence-corrected chi connectivity index (χ4v) is 1.98. The number of benzene rings is 1. The number of carbonyl (C=O) groups is 2. The lowest BCUT2D eigenvalue weighted by Crippen LogP contribution is -2.23. The summed E-state index contributed by atoms with van der Waals surface area (Å²) in [4.78, 5) is 23.2. The van der Waals surface area contributed by atoms with E-state index in [2.05, 4.69) is 13.8 Å². The predicted molar refractivity (Wildman–Crippen MR) is 75.4 cm³/mol. The van der Waals surface area contributed by atoms with Crippen LogP contribution in [0.3, 0.4) is 0 Å². The van der Waals surface area contributed by atoms with E-state index in [1.54, 1.807) is 12.1 Å². The van der Waals surface area contributed by atoms with Crippen LogP contribution in [-0.2, 0) is 4.79 Å². The van der Waals surface area contributed by atoms with Crippen molar-refractivity contribution < 1.29 is 14.7 Å². The van der Waals surface area contributed by atoms with Crippen LogP contribution in [0.15, 0.2) is 24.3 Å². The van der Waals surface area contributed by atoms with Crippen molar-refractivity contribution in [2.75, 3.05) is 0 Å². The van der Waals surface area contributed by atoms with Gasteiger partial charge in [-0.05, 0) is 17.4 Å². The highest BCUT2D eigenvalue weighted by Crippen LogP contribution is 2.20. The molecule has 0 heterocycles. The van der Waals surface area contributed by atoms with Gasteiger partial charge in [-0.1, -0.05) is 52.0 Å². The molecule has 0 saturated carbocycles. The van der Waals surface area contributed by atoms with E-state index in [1.807, 2.05) is 26.0 Å². The molecule has 104 valence electrons. The zero-order valence-corrected chi connectivity index (χ0v) is 12.0. The number of hydrogen-bond acceptors (Lipinski definition) is 2. The van der Waals surface area contributed by atoms with E-state index in [4.69, 9.17) is 5.11 Å². The zero-order chi connectivity index (χ0) is 14.6. The Morgan fingerprint density at radius 3 is 1.95 bits per heavy atom. The largest absolute Gasteiger partial charge is 0.481 e. The molecular formula is C16H22O3. The number of aliphatic carboxylic acids is 1. The van der Waals surface area contributed by atoms with Gasteiger partial charge in [0.15, 0.2) is 5.78 Å². The van der Waals surface area contributed by atoms with Gasteiger partial charge in [0, 0.05) is 12.0 Å². The molecule has 0 radical (unpaired) electrons. The topological polar surface area (TPSA) is 54.4 Å². The van der Waals surface area contributed by atoms with Gasteiger partial charge in [-0.2, -0.15) is 0 Å². The van der Waals surface area contributed by atoms with Gasteiger partial charge >= 0.3 is 5.97 Å². The van der Waals surface area contributed by atoms with Crippen molar-refractivity contribution in [1.29, 1.82) is 0 Å². The average Bonchev–Trinajstić information content (AvgIpc) is 2.34. The van der Waals surface area contributed by atoms with Crippen LogP contribution in [0.4, 0.5) is 0 Å². The van der Waals surface area contributed by atoms with E-state index in [-0.39, 0.29) is 18.1 Å². The van der Waals surface area contributed by atoms with Crippen molar-refractivity contribution in [3.63, 3.8) is 0 Å². The van der Waals surface area contributed by atoms with Crippen molar-refractivity contribution in [2.24, 2.45) is 11.8 Å². The minimum absolute atomic E-state index is 0.0450. The maximum absolute atomic E-state index is 12.1. The smallest absolute Gasteiger partial charge is 0.307 e. The predicted octanol–water partition coefficient (Wildman–Crippen LogP) is 3.74. The molecule has 0 aromatic heterocycles. The van der Waals surface area contributed by atoms with Gasteiger partial charge in [-0.15, -0.1) is 0 Å². The average molecular weight is 262 g/mol. The molecule has 1 atom stereocenters. The number of carboxylic acids is 1. The molecule has 0 aliphatic rings. The number of Topliss-reactive ketones (excluding diaryl/α,β-unsaturated/α-hetero) is 1. The van der Waals surface area contributed by atoms with Crippen molar-refractivity contribution in [3.8, 4) is 0 Å². The van der Waals surface area contributed by atoms with E-state index >= 15 is 0 Å². The first kappa shape index (κ1) is 15.4. The highest BCUT2D eigenvalue weighted by Gasteiger charge is 2.25. The van der Waals surface area contributed by atoms with Crippen LogP contribution in [0.1, 0.15) is 56.0 Å². The third kappa shape index (κ3) is 4.19. The van der Waals surface area contributed by atoms with Crippen LogP contribution >= 0.6 is 0 Å². The Hall–Kier alpha value is -1.64. The van der Waals surface area contributed by atoms with Crippen molar-refractivity contribution in [3.05, 3.63) is 35.4 Å². The van der Waals surface area contributed by atoms with Crippen molar-refractivity contribution >= 4 is 11.8 Å². The number of rotatable bonds is 6. The molecule has 1 aromatic rings. The normalized spacial score (nSPS) is 12.7. The molecule has 3 nitrogen and oxygen atoms in total.